The number of unbranched alkanes of at least 4 members (excludes halogenated alkanes) is 1. The number of hydrogen-bond acceptors (Lipinski definition) is 7. The summed E-state index contributed by atoms with van der Waals surface area (Å²) in [7, 11) is -3.13. The standard InChI is InChI=1S/C37H54FN3O6Si/c1-5-46-30-15-16-32-27(21-30)22-31(39-18-6-7-20-42)37(45)41(32)28-13-10-26(11-14-28)12-17-33-25(2)36(48(3,4)38)34(47-33)23-35(44)40-19-8-9-29(40)24-43/h10-11,13-16,21,25,29,31,33-34,36,39,42-43H,5-9,12,17-20,22-24H2,1-4H3/t25-,29-,31?,33+,34-,36+/m0/s1. The summed E-state index contributed by atoms with van der Waals surface area (Å²) >= 11 is 0. The van der Waals surface area contributed by atoms with Gasteiger partial charge in [-0.05, 0) is 119 Å². The molecular formula is C37H54FN3O6Si. The maximum Gasteiger partial charge on any atom is 0.249 e. The highest BCUT2D eigenvalue weighted by Gasteiger charge is 2.52. The van der Waals surface area contributed by atoms with Crippen molar-refractivity contribution >= 4 is 31.6 Å². The number of hydrogen-bond donors (Lipinski definition) is 3. The Labute approximate surface area is 286 Å². The minimum atomic E-state index is -3.13. The minimum absolute atomic E-state index is 0.00757. The first-order chi connectivity index (χ1) is 23.0. The average molecular weight is 684 g/mol. The quantitative estimate of drug-likeness (QED) is 0.133. The molecule has 0 bridgehead atoms. The van der Waals surface area contributed by atoms with E-state index in [-0.39, 0.29) is 61.1 Å². The molecule has 5 rings (SSSR count). The number of ether oxygens (including phenoxy) is 2. The molecule has 9 nitrogen and oxygen atoms in total. The van der Waals surface area contributed by atoms with Gasteiger partial charge in [-0.15, -0.1) is 0 Å². The lowest BCUT2D eigenvalue weighted by Gasteiger charge is -2.35. The van der Waals surface area contributed by atoms with Gasteiger partial charge >= 0.3 is 0 Å². The third-order valence-electron chi connectivity index (χ3n) is 10.4. The number of halogens is 1. The van der Waals surface area contributed by atoms with Gasteiger partial charge in [-0.3, -0.25) is 14.5 Å². The van der Waals surface area contributed by atoms with E-state index in [0.29, 0.717) is 39.0 Å². The van der Waals surface area contributed by atoms with Crippen LogP contribution < -0.4 is 15.0 Å². The molecule has 3 N–H and O–H groups in total. The lowest BCUT2D eigenvalue weighted by molar-refractivity contribution is -0.135. The molecule has 2 fully saturated rings. The van der Waals surface area contributed by atoms with Crippen molar-refractivity contribution in [1.29, 1.82) is 0 Å². The molecule has 6 atom stereocenters. The van der Waals surface area contributed by atoms with Crippen LogP contribution in [-0.4, -0.2) is 92.5 Å². The number of benzene rings is 2. The van der Waals surface area contributed by atoms with Crippen LogP contribution in [0.3, 0.4) is 0 Å². The molecule has 264 valence electrons. The molecule has 2 saturated heterocycles. The summed E-state index contributed by atoms with van der Waals surface area (Å²) in [6, 6.07) is 13.4. The average Bonchev–Trinajstić information content (AvgIpc) is 3.67. The van der Waals surface area contributed by atoms with Gasteiger partial charge in [-0.2, -0.15) is 0 Å². The second-order valence-electron chi connectivity index (χ2n) is 14.2. The van der Waals surface area contributed by atoms with E-state index < -0.39 is 14.5 Å². The van der Waals surface area contributed by atoms with Crippen LogP contribution in [0.1, 0.15) is 63.5 Å². The second-order valence-corrected chi connectivity index (χ2v) is 18.0. The Morgan fingerprint density at radius 2 is 1.90 bits per heavy atom. The number of fused-ring (bicyclic) bond motifs is 1. The second kappa shape index (κ2) is 16.2. The van der Waals surface area contributed by atoms with E-state index >= 15 is 4.11 Å². The van der Waals surface area contributed by atoms with E-state index in [1.54, 1.807) is 22.9 Å². The minimum Gasteiger partial charge on any atom is -0.494 e. The van der Waals surface area contributed by atoms with Gasteiger partial charge in [0.1, 0.15) is 5.75 Å². The first kappa shape index (κ1) is 36.4. The van der Waals surface area contributed by atoms with E-state index in [1.165, 1.54) is 0 Å². The normalized spacial score (nSPS) is 25.9. The first-order valence-electron chi connectivity index (χ1n) is 17.8. The van der Waals surface area contributed by atoms with Crippen molar-refractivity contribution in [2.45, 2.75) is 108 Å². The van der Waals surface area contributed by atoms with Crippen LogP contribution in [-0.2, 0) is 27.2 Å². The summed E-state index contributed by atoms with van der Waals surface area (Å²) in [5.41, 5.74) is 3.49. The number of amides is 2. The lowest BCUT2D eigenvalue weighted by atomic mass is 9.94. The first-order valence-corrected chi connectivity index (χ1v) is 20.8. The predicted octanol–water partition coefficient (Wildman–Crippen LogP) is 5.29. The third kappa shape index (κ3) is 8.30. The van der Waals surface area contributed by atoms with Crippen molar-refractivity contribution in [2.75, 3.05) is 37.8 Å². The van der Waals surface area contributed by atoms with Crippen LogP contribution >= 0.6 is 0 Å². The van der Waals surface area contributed by atoms with Gasteiger partial charge in [-0.25, -0.2) is 0 Å². The summed E-state index contributed by atoms with van der Waals surface area (Å²) in [5.74, 6) is 0.711. The molecule has 2 aromatic rings. The Morgan fingerprint density at radius 3 is 2.58 bits per heavy atom. The zero-order chi connectivity index (χ0) is 34.4. The number of aryl methyl sites for hydroxylation is 1. The Kier molecular flexibility index (Phi) is 12.3. The summed E-state index contributed by atoms with van der Waals surface area (Å²) in [6.45, 7) is 9.38. The largest absolute Gasteiger partial charge is 0.494 e. The van der Waals surface area contributed by atoms with Crippen LogP contribution in [0, 0.1) is 5.92 Å². The van der Waals surface area contributed by atoms with Crippen LogP contribution in [0.4, 0.5) is 15.5 Å². The fraction of sp³-hybridized carbons (Fsp3) is 0.622. The van der Waals surface area contributed by atoms with Crippen LogP contribution in [0.2, 0.25) is 18.6 Å². The van der Waals surface area contributed by atoms with E-state index in [1.807, 2.05) is 49.4 Å². The monoisotopic (exact) mass is 683 g/mol. The van der Waals surface area contributed by atoms with Crippen LogP contribution in [0.25, 0.3) is 0 Å². The molecule has 11 heteroatoms. The Balaban J connectivity index is 1.27. The topological polar surface area (TPSA) is 112 Å². The highest BCUT2D eigenvalue weighted by molar-refractivity contribution is 6.72. The van der Waals surface area contributed by atoms with Crippen molar-refractivity contribution in [1.82, 2.24) is 10.2 Å². The molecule has 48 heavy (non-hydrogen) atoms. The molecule has 2 aromatic carbocycles. The molecule has 0 radical (unpaired) electrons. The van der Waals surface area contributed by atoms with E-state index in [4.69, 9.17) is 9.47 Å². The maximum atomic E-state index is 15.7. The smallest absolute Gasteiger partial charge is 0.249 e. The molecule has 0 aromatic heterocycles. The predicted molar refractivity (Wildman–Crippen MR) is 188 cm³/mol. The molecule has 1 unspecified atom stereocenters. The lowest BCUT2D eigenvalue weighted by Crippen LogP contribution is -2.49. The molecule has 3 aliphatic heterocycles. The SMILES string of the molecule is CCOc1ccc2c(c1)CC(NCCCCO)C(=O)N2c1ccc(CC[C@H]2O[C@@H](CC(=O)N3CCC[C@H]3CO)[C@H]([Si](C)(C)F)[C@H]2C)cc1. The van der Waals surface area contributed by atoms with Crippen molar-refractivity contribution < 1.29 is 33.4 Å². The zero-order valence-corrected chi connectivity index (χ0v) is 30.0. The molecule has 0 spiro atoms. The Hall–Kier alpha value is -2.83. The highest BCUT2D eigenvalue weighted by atomic mass is 28.4. The third-order valence-corrected chi connectivity index (χ3v) is 12.9. The molecule has 0 aliphatic carbocycles. The molecule has 0 saturated carbocycles. The fourth-order valence-corrected chi connectivity index (χ4v) is 10.6. The van der Waals surface area contributed by atoms with Gasteiger partial charge in [0.15, 0.2) is 0 Å². The maximum absolute atomic E-state index is 15.7. The Bertz CT molecular complexity index is 1390. The van der Waals surface area contributed by atoms with E-state index in [2.05, 4.69) is 12.2 Å². The van der Waals surface area contributed by atoms with Crippen molar-refractivity contribution in [3.63, 3.8) is 0 Å². The molecule has 2 amide bonds. The highest BCUT2D eigenvalue weighted by Crippen LogP contribution is 2.47. The summed E-state index contributed by atoms with van der Waals surface area (Å²) in [6.07, 6.45) is 4.70. The van der Waals surface area contributed by atoms with Gasteiger partial charge in [0.05, 0.1) is 49.6 Å². The molecule has 3 aliphatic rings. The van der Waals surface area contributed by atoms with Crippen LogP contribution in [0.15, 0.2) is 42.5 Å². The summed E-state index contributed by atoms with van der Waals surface area (Å²) < 4.78 is 27.9. The van der Waals surface area contributed by atoms with Crippen molar-refractivity contribution in [3.8, 4) is 5.75 Å². The number of carbonyl (C=O) groups excluding carboxylic acids is 2. The van der Waals surface area contributed by atoms with Gasteiger partial charge in [0.25, 0.3) is 0 Å². The number of nitrogens with one attached hydrogen (secondary N) is 1. The van der Waals surface area contributed by atoms with Gasteiger partial charge in [-0.1, -0.05) is 19.1 Å². The number of aliphatic hydroxyl groups excluding tert-OH is 2. The number of carbonyl (C=O) groups is 2. The van der Waals surface area contributed by atoms with Gasteiger partial charge < -0.3 is 34.0 Å². The Morgan fingerprint density at radius 1 is 1.12 bits per heavy atom. The van der Waals surface area contributed by atoms with Gasteiger partial charge in [0, 0.05) is 24.4 Å². The number of likely N-dealkylation sites (tertiary alicyclic amines) is 1. The molecular weight excluding hydrogens is 630 g/mol. The van der Waals surface area contributed by atoms with Crippen LogP contribution in [0.5, 0.6) is 5.75 Å². The zero-order valence-electron chi connectivity index (χ0n) is 29.0. The number of aliphatic hydroxyl groups is 2. The number of nitrogens with zero attached hydrogens (tertiary/aromatic N) is 2. The van der Waals surface area contributed by atoms with E-state index in [0.717, 1.165) is 53.9 Å². The molecule has 3 heterocycles. The number of rotatable bonds is 15. The fourth-order valence-electron chi connectivity index (χ4n) is 8.06. The van der Waals surface area contributed by atoms with E-state index in [9.17, 15) is 19.8 Å². The van der Waals surface area contributed by atoms with Crippen molar-refractivity contribution in [2.24, 2.45) is 5.92 Å². The number of anilines is 2. The summed E-state index contributed by atoms with van der Waals surface area (Å²) in [4.78, 5) is 30.6. The van der Waals surface area contributed by atoms with Gasteiger partial charge in [0.2, 0.25) is 20.2 Å². The van der Waals surface area contributed by atoms with Crippen molar-refractivity contribution in [3.05, 3.63) is 53.6 Å². The summed E-state index contributed by atoms with van der Waals surface area (Å²) in [5, 5.41) is 22.3.